The molecule has 5 rings (SSSR count). The molecule has 7 nitrogen and oxygen atoms in total. The highest BCUT2D eigenvalue weighted by Crippen LogP contribution is 2.44. The zero-order valence-electron chi connectivity index (χ0n) is 20.4. The van der Waals surface area contributed by atoms with Crippen molar-refractivity contribution in [2.75, 3.05) is 36.9 Å². The van der Waals surface area contributed by atoms with Crippen molar-refractivity contribution in [2.24, 2.45) is 0 Å². The molecule has 10 heteroatoms. The minimum atomic E-state index is -4.97. The maximum atomic E-state index is 13.2. The molecule has 198 valence electrons. The van der Waals surface area contributed by atoms with Gasteiger partial charge in [0, 0.05) is 24.3 Å². The van der Waals surface area contributed by atoms with Crippen molar-refractivity contribution in [1.82, 2.24) is 4.90 Å². The summed E-state index contributed by atoms with van der Waals surface area (Å²) in [7, 11) is 0. The molecule has 1 aliphatic heterocycles. The maximum Gasteiger partial charge on any atom is 0.573 e. The van der Waals surface area contributed by atoms with Crippen molar-refractivity contribution in [3.05, 3.63) is 78.4 Å². The van der Waals surface area contributed by atoms with Gasteiger partial charge in [-0.3, -0.25) is 14.5 Å². The molecule has 1 heterocycles. The lowest BCUT2D eigenvalue weighted by Crippen LogP contribution is -2.51. The van der Waals surface area contributed by atoms with Crippen LogP contribution in [-0.2, 0) is 9.53 Å². The molecule has 1 aliphatic carbocycles. The molecule has 2 aliphatic rings. The largest absolute Gasteiger partial charge is 0.573 e. The summed E-state index contributed by atoms with van der Waals surface area (Å²) in [5, 5.41) is 5.33. The molecule has 0 unspecified atom stereocenters. The van der Waals surface area contributed by atoms with E-state index in [0.29, 0.717) is 44.8 Å². The molecule has 2 N–H and O–H groups in total. The van der Waals surface area contributed by atoms with Crippen LogP contribution < -0.4 is 15.4 Å². The number of nitrogens with zero attached hydrogens (tertiary/aromatic N) is 1. The molecule has 2 fully saturated rings. The number of carbonyl (C=O) groups excluding carboxylic acids is 2. The molecule has 3 aromatic rings. The number of hydrogen-bond donors (Lipinski definition) is 2. The van der Waals surface area contributed by atoms with E-state index < -0.39 is 29.5 Å². The average Bonchev–Trinajstić information content (AvgIpc) is 3.73. The third-order valence-electron chi connectivity index (χ3n) is 6.73. The summed E-state index contributed by atoms with van der Waals surface area (Å²) >= 11 is 0. The number of carbonyl (C=O) groups is 2. The van der Waals surface area contributed by atoms with Crippen molar-refractivity contribution in [3.8, 4) is 16.9 Å². The Hall–Kier alpha value is -3.89. The Bertz CT molecular complexity index is 1300. The Morgan fingerprint density at radius 2 is 1.53 bits per heavy atom. The number of alkyl halides is 3. The first-order valence-electron chi connectivity index (χ1n) is 12.2. The minimum absolute atomic E-state index is 0.0678. The zero-order chi connectivity index (χ0) is 26.8. The van der Waals surface area contributed by atoms with Crippen LogP contribution in [0.15, 0.2) is 72.8 Å². The van der Waals surface area contributed by atoms with E-state index in [1.54, 1.807) is 12.1 Å². The fourth-order valence-electron chi connectivity index (χ4n) is 4.60. The predicted octanol–water partition coefficient (Wildman–Crippen LogP) is 5.31. The zero-order valence-corrected chi connectivity index (χ0v) is 20.4. The van der Waals surface area contributed by atoms with E-state index in [2.05, 4.69) is 15.4 Å². The number of amides is 2. The van der Waals surface area contributed by atoms with Gasteiger partial charge in [-0.1, -0.05) is 42.5 Å². The summed E-state index contributed by atoms with van der Waals surface area (Å²) in [6.45, 7) is 2.09. The van der Waals surface area contributed by atoms with Crippen LogP contribution in [0, 0.1) is 0 Å². The number of hydrogen-bond acceptors (Lipinski definition) is 5. The lowest BCUT2D eigenvalue weighted by atomic mass is 10.1. The third kappa shape index (κ3) is 5.81. The van der Waals surface area contributed by atoms with Crippen LogP contribution in [-0.4, -0.2) is 54.9 Å². The van der Waals surface area contributed by atoms with Gasteiger partial charge in [0.25, 0.3) is 5.91 Å². The summed E-state index contributed by atoms with van der Waals surface area (Å²) < 4.78 is 48.7. The molecular weight excluding hydrogens is 499 g/mol. The predicted molar refractivity (Wildman–Crippen MR) is 136 cm³/mol. The lowest BCUT2D eigenvalue weighted by Gasteiger charge is -2.34. The van der Waals surface area contributed by atoms with Gasteiger partial charge in [0.2, 0.25) is 5.91 Å². The number of benzene rings is 3. The molecule has 1 saturated heterocycles. The summed E-state index contributed by atoms with van der Waals surface area (Å²) in [5.41, 5.74) is 1.56. The molecule has 1 saturated carbocycles. The topological polar surface area (TPSA) is 79.9 Å². The number of rotatable bonds is 7. The quantitative estimate of drug-likeness (QED) is 0.437. The Morgan fingerprint density at radius 3 is 2.16 bits per heavy atom. The highest BCUT2D eigenvalue weighted by Gasteiger charge is 2.54. The first kappa shape index (κ1) is 25.7. The fourth-order valence-corrected chi connectivity index (χ4v) is 4.60. The van der Waals surface area contributed by atoms with Gasteiger partial charge in [-0.25, -0.2) is 0 Å². The summed E-state index contributed by atoms with van der Waals surface area (Å²) in [6.07, 6.45) is -3.79. The molecule has 2 amide bonds. The van der Waals surface area contributed by atoms with Gasteiger partial charge in [0.1, 0.15) is 5.54 Å². The highest BCUT2D eigenvalue weighted by atomic mass is 19.4. The maximum absolute atomic E-state index is 13.2. The van der Waals surface area contributed by atoms with Gasteiger partial charge in [-0.05, 0) is 54.3 Å². The number of anilines is 2. The first-order chi connectivity index (χ1) is 18.2. The second kappa shape index (κ2) is 10.5. The number of halogens is 3. The third-order valence-corrected chi connectivity index (χ3v) is 6.73. The Morgan fingerprint density at radius 1 is 0.868 bits per heavy atom. The molecule has 0 aromatic heterocycles. The Kier molecular flexibility index (Phi) is 7.09. The van der Waals surface area contributed by atoms with Crippen molar-refractivity contribution >= 4 is 23.2 Å². The van der Waals surface area contributed by atoms with Crippen LogP contribution in [0.25, 0.3) is 11.1 Å². The van der Waals surface area contributed by atoms with E-state index >= 15 is 0 Å². The van der Waals surface area contributed by atoms with Crippen LogP contribution in [0.2, 0.25) is 0 Å². The number of ether oxygens (including phenoxy) is 2. The Balaban J connectivity index is 1.34. The highest BCUT2D eigenvalue weighted by molar-refractivity contribution is 6.07. The number of morpholine rings is 1. The van der Waals surface area contributed by atoms with Gasteiger partial charge in [-0.15, -0.1) is 13.2 Å². The van der Waals surface area contributed by atoms with Crippen LogP contribution in [0.5, 0.6) is 5.75 Å². The molecule has 0 radical (unpaired) electrons. The van der Waals surface area contributed by atoms with Crippen LogP contribution in [0.4, 0.5) is 24.5 Å². The van der Waals surface area contributed by atoms with Gasteiger partial charge in [0.15, 0.2) is 5.75 Å². The standard InChI is InChI=1S/C28H26F3N3O4/c29-28(30,31)38-24-11-8-21(18-23(24)33-26(36)27(12-13-27)34-14-16-37-17-15-34)25(35)32-22-9-6-20(7-10-22)19-4-2-1-3-5-19/h1-11,18H,12-17H2,(H,32,35)(H,33,36). The molecule has 3 aromatic carbocycles. The summed E-state index contributed by atoms with van der Waals surface area (Å²) in [4.78, 5) is 28.1. The average molecular weight is 526 g/mol. The van der Waals surface area contributed by atoms with Crippen LogP contribution in [0.3, 0.4) is 0 Å². The lowest BCUT2D eigenvalue weighted by molar-refractivity contribution is -0.274. The monoisotopic (exact) mass is 525 g/mol. The molecule has 38 heavy (non-hydrogen) atoms. The second-order valence-electron chi connectivity index (χ2n) is 9.24. The Labute approximate surface area is 217 Å². The molecule has 0 spiro atoms. The van der Waals surface area contributed by atoms with Crippen molar-refractivity contribution in [3.63, 3.8) is 0 Å². The van der Waals surface area contributed by atoms with Gasteiger partial charge < -0.3 is 20.1 Å². The van der Waals surface area contributed by atoms with Crippen LogP contribution in [0.1, 0.15) is 23.2 Å². The van der Waals surface area contributed by atoms with Crippen molar-refractivity contribution < 1.29 is 32.2 Å². The minimum Gasteiger partial charge on any atom is -0.404 e. The van der Waals surface area contributed by atoms with Gasteiger partial charge in [0.05, 0.1) is 18.9 Å². The van der Waals surface area contributed by atoms with Crippen LogP contribution >= 0.6 is 0 Å². The second-order valence-corrected chi connectivity index (χ2v) is 9.24. The van der Waals surface area contributed by atoms with E-state index in [4.69, 9.17) is 4.74 Å². The van der Waals surface area contributed by atoms with Crippen molar-refractivity contribution in [2.45, 2.75) is 24.7 Å². The van der Waals surface area contributed by atoms with Gasteiger partial charge >= 0.3 is 6.36 Å². The summed E-state index contributed by atoms with van der Waals surface area (Å²) in [6, 6.07) is 20.4. The van der Waals surface area contributed by atoms with E-state index in [1.165, 1.54) is 12.1 Å². The van der Waals surface area contributed by atoms with Crippen molar-refractivity contribution in [1.29, 1.82) is 0 Å². The number of nitrogens with one attached hydrogen (secondary N) is 2. The molecule has 0 bridgehead atoms. The normalized spacial score (nSPS) is 16.9. The molecular formula is C28H26F3N3O4. The molecule has 0 atom stereocenters. The SMILES string of the molecule is O=C(Nc1ccc(-c2ccccc2)cc1)c1ccc(OC(F)(F)F)c(NC(=O)C2(N3CCOCC3)CC2)c1. The van der Waals surface area contributed by atoms with E-state index in [1.807, 2.05) is 47.4 Å². The van der Waals surface area contributed by atoms with Gasteiger partial charge in [-0.2, -0.15) is 0 Å². The summed E-state index contributed by atoms with van der Waals surface area (Å²) in [5.74, 6) is -1.56. The first-order valence-corrected chi connectivity index (χ1v) is 12.2. The van der Waals surface area contributed by atoms with E-state index in [-0.39, 0.29) is 11.3 Å². The van der Waals surface area contributed by atoms with E-state index in [0.717, 1.165) is 17.2 Å². The van der Waals surface area contributed by atoms with E-state index in [9.17, 15) is 22.8 Å². The smallest absolute Gasteiger partial charge is 0.404 e. The fraction of sp³-hybridized carbons (Fsp3) is 0.286.